The molecule has 1 aliphatic heterocycles. The molecule has 0 saturated heterocycles. The first-order valence-corrected chi connectivity index (χ1v) is 11.5. The van der Waals surface area contributed by atoms with E-state index in [1.165, 1.54) is 26.5 Å². The van der Waals surface area contributed by atoms with Gasteiger partial charge in [0.2, 0.25) is 6.79 Å². The second-order valence-corrected chi connectivity index (χ2v) is 8.28. The van der Waals surface area contributed by atoms with E-state index < -0.39 is 11.8 Å². The largest absolute Gasteiger partial charge is 0.493 e. The third kappa shape index (κ3) is 5.84. The number of ether oxygens (including phenoxy) is 4. The molecule has 1 aliphatic rings. The van der Waals surface area contributed by atoms with Crippen molar-refractivity contribution >= 4 is 40.0 Å². The number of methoxy groups -OCH3 is 2. The van der Waals surface area contributed by atoms with Crippen molar-refractivity contribution < 1.29 is 28.5 Å². The molecular formula is C26H22BrN3O6. The van der Waals surface area contributed by atoms with E-state index in [2.05, 4.69) is 31.8 Å². The predicted octanol–water partition coefficient (Wildman–Crippen LogP) is 4.12. The van der Waals surface area contributed by atoms with Crippen LogP contribution in [0.15, 0.2) is 75.9 Å². The Kier molecular flexibility index (Phi) is 7.86. The molecule has 3 aromatic rings. The number of fused-ring (bicyclic) bond motifs is 1. The molecule has 4 rings (SSSR count). The number of halogens is 1. The maximum absolute atomic E-state index is 13.0. The first-order chi connectivity index (χ1) is 17.5. The van der Waals surface area contributed by atoms with Crippen molar-refractivity contribution in [1.29, 1.82) is 0 Å². The molecule has 184 valence electrons. The summed E-state index contributed by atoms with van der Waals surface area (Å²) in [6.45, 7) is 0.127. The lowest BCUT2D eigenvalue weighted by Crippen LogP contribution is -2.32. The van der Waals surface area contributed by atoms with E-state index in [-0.39, 0.29) is 12.5 Å². The zero-order valence-electron chi connectivity index (χ0n) is 19.4. The zero-order chi connectivity index (χ0) is 25.5. The highest BCUT2D eigenvalue weighted by atomic mass is 79.9. The van der Waals surface area contributed by atoms with Crippen LogP contribution < -0.4 is 29.7 Å². The van der Waals surface area contributed by atoms with Gasteiger partial charge >= 0.3 is 0 Å². The van der Waals surface area contributed by atoms with Gasteiger partial charge in [-0.1, -0.05) is 24.3 Å². The summed E-state index contributed by atoms with van der Waals surface area (Å²) in [5.74, 6) is 1.14. The molecule has 0 fully saturated rings. The van der Waals surface area contributed by atoms with E-state index in [9.17, 15) is 9.59 Å². The van der Waals surface area contributed by atoms with Crippen LogP contribution in [0.5, 0.6) is 23.0 Å². The van der Waals surface area contributed by atoms with Crippen LogP contribution in [0.4, 0.5) is 0 Å². The summed E-state index contributed by atoms with van der Waals surface area (Å²) < 4.78 is 22.0. The van der Waals surface area contributed by atoms with Crippen LogP contribution in [-0.2, 0) is 4.79 Å². The molecule has 0 radical (unpaired) electrons. The molecule has 0 spiro atoms. The Morgan fingerprint density at radius 2 is 1.75 bits per heavy atom. The lowest BCUT2D eigenvalue weighted by Gasteiger charge is -2.11. The van der Waals surface area contributed by atoms with Crippen LogP contribution in [0, 0.1) is 0 Å². The van der Waals surface area contributed by atoms with Gasteiger partial charge in [0.25, 0.3) is 11.8 Å². The van der Waals surface area contributed by atoms with Gasteiger partial charge in [0.05, 0.1) is 24.9 Å². The van der Waals surface area contributed by atoms with Crippen LogP contribution in [0.1, 0.15) is 21.5 Å². The molecule has 0 atom stereocenters. The summed E-state index contributed by atoms with van der Waals surface area (Å²) in [5, 5.41) is 6.70. The Bertz CT molecular complexity index is 1340. The average Bonchev–Trinajstić information content (AvgIpc) is 3.36. The smallest absolute Gasteiger partial charge is 0.287 e. The molecule has 0 aliphatic carbocycles. The van der Waals surface area contributed by atoms with E-state index in [1.807, 2.05) is 0 Å². The standard InChI is InChI=1S/C26H22BrN3O6/c1-33-23-13-17(10-19(27)24(23)34-2)14-28-30-26(32)20(29-25(31)18-6-4-3-5-7-18)11-16-8-9-21-22(12-16)36-15-35-21/h3-14H,15H2,1-2H3,(H,29,31)(H,30,32)/b20-11+,28-14+. The number of rotatable bonds is 8. The average molecular weight is 552 g/mol. The number of hydrazone groups is 1. The highest BCUT2D eigenvalue weighted by Gasteiger charge is 2.17. The van der Waals surface area contributed by atoms with Crippen molar-refractivity contribution in [3.8, 4) is 23.0 Å². The zero-order valence-corrected chi connectivity index (χ0v) is 21.0. The molecule has 0 aromatic heterocycles. The molecule has 0 unspecified atom stereocenters. The normalized spacial score (nSPS) is 12.4. The Morgan fingerprint density at radius 1 is 0.972 bits per heavy atom. The number of benzene rings is 3. The van der Waals surface area contributed by atoms with Crippen molar-refractivity contribution in [2.75, 3.05) is 21.0 Å². The quantitative estimate of drug-likeness (QED) is 0.248. The van der Waals surface area contributed by atoms with Gasteiger partial charge in [-0.05, 0) is 69.5 Å². The molecular weight excluding hydrogens is 530 g/mol. The Morgan fingerprint density at radius 3 is 2.50 bits per heavy atom. The first-order valence-electron chi connectivity index (χ1n) is 10.7. The van der Waals surface area contributed by atoms with Crippen molar-refractivity contribution in [2.24, 2.45) is 5.10 Å². The second kappa shape index (κ2) is 11.4. The number of hydrogen-bond acceptors (Lipinski definition) is 7. The van der Waals surface area contributed by atoms with E-state index in [4.69, 9.17) is 18.9 Å². The predicted molar refractivity (Wildman–Crippen MR) is 137 cm³/mol. The second-order valence-electron chi connectivity index (χ2n) is 7.43. The highest BCUT2D eigenvalue weighted by molar-refractivity contribution is 9.10. The van der Waals surface area contributed by atoms with Crippen molar-refractivity contribution in [3.05, 3.63) is 87.5 Å². The van der Waals surface area contributed by atoms with Crippen LogP contribution in [0.3, 0.4) is 0 Å². The number of carbonyl (C=O) groups is 2. The minimum Gasteiger partial charge on any atom is -0.493 e. The number of carbonyl (C=O) groups excluding carboxylic acids is 2. The molecule has 3 aromatic carbocycles. The fourth-order valence-electron chi connectivity index (χ4n) is 3.35. The van der Waals surface area contributed by atoms with Gasteiger partial charge in [0.1, 0.15) is 5.70 Å². The lowest BCUT2D eigenvalue weighted by molar-refractivity contribution is -0.117. The van der Waals surface area contributed by atoms with Crippen LogP contribution >= 0.6 is 15.9 Å². The molecule has 2 N–H and O–H groups in total. The topological polar surface area (TPSA) is 107 Å². The minimum atomic E-state index is -0.618. The summed E-state index contributed by atoms with van der Waals surface area (Å²) in [4.78, 5) is 25.8. The van der Waals surface area contributed by atoms with E-state index in [1.54, 1.807) is 60.7 Å². The molecule has 1 heterocycles. The molecule has 9 nitrogen and oxygen atoms in total. The lowest BCUT2D eigenvalue weighted by atomic mass is 10.1. The minimum absolute atomic E-state index is 0.00615. The fourth-order valence-corrected chi connectivity index (χ4v) is 3.97. The van der Waals surface area contributed by atoms with Gasteiger partial charge in [-0.25, -0.2) is 5.43 Å². The molecule has 36 heavy (non-hydrogen) atoms. The number of nitrogens with zero attached hydrogens (tertiary/aromatic N) is 1. The summed E-state index contributed by atoms with van der Waals surface area (Å²) in [7, 11) is 3.06. The van der Waals surface area contributed by atoms with Crippen LogP contribution in [-0.4, -0.2) is 39.0 Å². The number of nitrogens with one attached hydrogen (secondary N) is 2. The van der Waals surface area contributed by atoms with Crippen molar-refractivity contribution in [2.45, 2.75) is 0 Å². The maximum Gasteiger partial charge on any atom is 0.287 e. The van der Waals surface area contributed by atoms with E-state index >= 15 is 0 Å². The Balaban J connectivity index is 1.56. The van der Waals surface area contributed by atoms with Gasteiger partial charge in [-0.15, -0.1) is 0 Å². The Labute approximate surface area is 215 Å². The molecule has 0 saturated carbocycles. The fraction of sp³-hybridized carbons (Fsp3) is 0.115. The highest BCUT2D eigenvalue weighted by Crippen LogP contribution is 2.36. The van der Waals surface area contributed by atoms with Gasteiger partial charge in [0, 0.05) is 5.56 Å². The molecule has 0 bridgehead atoms. The van der Waals surface area contributed by atoms with Crippen molar-refractivity contribution in [3.63, 3.8) is 0 Å². The van der Waals surface area contributed by atoms with Crippen LogP contribution in [0.25, 0.3) is 6.08 Å². The van der Waals surface area contributed by atoms with Crippen LogP contribution in [0.2, 0.25) is 0 Å². The number of hydrogen-bond donors (Lipinski definition) is 2. The van der Waals surface area contributed by atoms with E-state index in [0.29, 0.717) is 44.2 Å². The number of amides is 2. The van der Waals surface area contributed by atoms with Gasteiger partial charge in [-0.2, -0.15) is 5.10 Å². The molecule has 10 heteroatoms. The van der Waals surface area contributed by atoms with Gasteiger partial charge < -0.3 is 24.3 Å². The van der Waals surface area contributed by atoms with E-state index in [0.717, 1.165) is 0 Å². The summed E-state index contributed by atoms with van der Waals surface area (Å²) in [5.41, 5.74) is 4.13. The van der Waals surface area contributed by atoms with Gasteiger partial charge in [0.15, 0.2) is 23.0 Å². The summed E-state index contributed by atoms with van der Waals surface area (Å²) >= 11 is 3.42. The SMILES string of the molecule is COc1cc(/C=N/NC(=O)/C(=C\c2ccc3c(c2)OCO3)NC(=O)c2ccccc2)cc(Br)c1OC. The van der Waals surface area contributed by atoms with Gasteiger partial charge in [-0.3, -0.25) is 9.59 Å². The molecule has 2 amide bonds. The monoisotopic (exact) mass is 551 g/mol. The third-order valence-corrected chi connectivity index (χ3v) is 5.66. The Hall–Kier alpha value is -4.31. The first kappa shape index (κ1) is 24.8. The maximum atomic E-state index is 13.0. The summed E-state index contributed by atoms with van der Waals surface area (Å²) in [6.07, 6.45) is 2.97. The third-order valence-electron chi connectivity index (χ3n) is 5.07. The summed E-state index contributed by atoms with van der Waals surface area (Å²) in [6, 6.07) is 17.2. The van der Waals surface area contributed by atoms with Crippen molar-refractivity contribution in [1.82, 2.24) is 10.7 Å².